The lowest BCUT2D eigenvalue weighted by molar-refractivity contribution is 0.654. The third kappa shape index (κ3) is 4.07. The molecule has 0 fully saturated rings. The largest absolute Gasteiger partial charge is 0.143 e. The summed E-state index contributed by atoms with van der Waals surface area (Å²) in [4.78, 5) is 0. The predicted octanol–water partition coefficient (Wildman–Crippen LogP) is 15.5. The SMILES string of the molecule is CCCCCCc1c(CCCCCC)c2sc3c4sccc4c4ccsc4c3c2c2c1sc1c3sccc3c3ccsc3c12. The summed E-state index contributed by atoms with van der Waals surface area (Å²) in [6.45, 7) is 4.67. The number of fused-ring (bicyclic) bond motifs is 17. The molecule has 0 nitrogen and oxygen atoms in total. The van der Waals surface area contributed by atoms with Crippen LogP contribution in [0.4, 0.5) is 0 Å². The van der Waals surface area contributed by atoms with Crippen LogP contribution in [0.15, 0.2) is 45.8 Å². The smallest absolute Gasteiger partial charge is 0.0548 e. The molecular weight excluding hydrogens is 649 g/mol. The lowest BCUT2D eigenvalue weighted by Crippen LogP contribution is -1.97. The first-order valence-electron chi connectivity index (χ1n) is 16.2. The van der Waals surface area contributed by atoms with Crippen molar-refractivity contribution in [2.75, 3.05) is 0 Å². The number of hydrogen-bond acceptors (Lipinski definition) is 6. The van der Waals surface area contributed by atoms with Gasteiger partial charge < -0.3 is 0 Å². The van der Waals surface area contributed by atoms with Gasteiger partial charge in [0.1, 0.15) is 0 Å². The van der Waals surface area contributed by atoms with Gasteiger partial charge >= 0.3 is 0 Å². The Hall–Kier alpha value is -2.06. The molecule has 6 aromatic heterocycles. The predicted molar refractivity (Wildman–Crippen MR) is 209 cm³/mol. The highest BCUT2D eigenvalue weighted by molar-refractivity contribution is 7.34. The third-order valence-electron chi connectivity index (χ3n) is 9.65. The van der Waals surface area contributed by atoms with E-state index in [2.05, 4.69) is 82.3 Å². The van der Waals surface area contributed by atoms with E-state index in [0.717, 1.165) is 0 Å². The quantitative estimate of drug-likeness (QED) is 0.126. The Morgan fingerprint density at radius 1 is 0.386 bits per heavy atom. The van der Waals surface area contributed by atoms with Gasteiger partial charge in [-0.1, -0.05) is 52.4 Å². The summed E-state index contributed by atoms with van der Waals surface area (Å²) in [6.07, 6.45) is 12.9. The molecule has 0 unspecified atom stereocenters. The van der Waals surface area contributed by atoms with Crippen molar-refractivity contribution in [3.63, 3.8) is 0 Å². The van der Waals surface area contributed by atoms with Crippen molar-refractivity contribution in [2.24, 2.45) is 0 Å². The Morgan fingerprint density at radius 2 is 0.773 bits per heavy atom. The van der Waals surface area contributed by atoms with Crippen molar-refractivity contribution in [1.82, 2.24) is 0 Å². The van der Waals surface area contributed by atoms with Gasteiger partial charge in [0.2, 0.25) is 0 Å². The van der Waals surface area contributed by atoms with Crippen LogP contribution in [0, 0.1) is 0 Å². The molecule has 0 bridgehead atoms. The fourth-order valence-electron chi connectivity index (χ4n) is 7.60. The maximum Gasteiger partial charge on any atom is 0.0548 e. The van der Waals surface area contributed by atoms with Gasteiger partial charge in [-0.2, -0.15) is 0 Å². The summed E-state index contributed by atoms with van der Waals surface area (Å²) in [5, 5.41) is 21.3. The van der Waals surface area contributed by atoms with Gasteiger partial charge in [0.25, 0.3) is 0 Å². The third-order valence-corrected chi connectivity index (χ3v) is 16.2. The highest BCUT2D eigenvalue weighted by Gasteiger charge is 2.27. The molecular formula is C38H34S6. The maximum absolute atomic E-state index is 2.38. The minimum absolute atomic E-state index is 1.21. The van der Waals surface area contributed by atoms with Crippen LogP contribution in [0.1, 0.15) is 76.3 Å². The number of benzene rings is 3. The molecule has 0 aliphatic heterocycles. The van der Waals surface area contributed by atoms with Crippen molar-refractivity contribution in [3.8, 4) is 0 Å². The van der Waals surface area contributed by atoms with Crippen LogP contribution in [-0.4, -0.2) is 0 Å². The van der Waals surface area contributed by atoms with Gasteiger partial charge in [-0.3, -0.25) is 0 Å². The van der Waals surface area contributed by atoms with E-state index in [4.69, 9.17) is 0 Å². The van der Waals surface area contributed by atoms with Crippen LogP contribution in [0.25, 0.3) is 80.7 Å². The number of rotatable bonds is 10. The Balaban J connectivity index is 1.50. The highest BCUT2D eigenvalue weighted by Crippen LogP contribution is 2.56. The van der Waals surface area contributed by atoms with Gasteiger partial charge in [0.05, 0.1) is 18.8 Å². The number of aryl methyl sites for hydroxylation is 2. The molecule has 0 radical (unpaired) electrons. The van der Waals surface area contributed by atoms with Crippen LogP contribution in [-0.2, 0) is 12.8 Å². The highest BCUT2D eigenvalue weighted by atomic mass is 32.1. The second kappa shape index (κ2) is 11.3. The molecule has 0 spiro atoms. The number of thiophene rings is 6. The van der Waals surface area contributed by atoms with Crippen molar-refractivity contribution < 1.29 is 0 Å². The molecule has 222 valence electrons. The molecule has 0 atom stereocenters. The monoisotopic (exact) mass is 682 g/mol. The van der Waals surface area contributed by atoms with E-state index in [1.165, 1.54) is 125 Å². The van der Waals surface area contributed by atoms with Gasteiger partial charge in [-0.15, -0.1) is 68.0 Å². The Morgan fingerprint density at radius 3 is 1.18 bits per heavy atom. The first-order valence-corrected chi connectivity index (χ1v) is 21.3. The molecule has 0 saturated heterocycles. The molecule has 0 saturated carbocycles. The van der Waals surface area contributed by atoms with Gasteiger partial charge in [-0.05, 0) is 82.6 Å². The molecule has 44 heavy (non-hydrogen) atoms. The molecule has 0 amide bonds. The topological polar surface area (TPSA) is 0 Å². The molecule has 9 aromatic rings. The molecule has 0 aliphatic carbocycles. The fourth-order valence-corrected chi connectivity index (χ4v) is 14.6. The molecule has 9 rings (SSSR count). The number of unbranched alkanes of at least 4 members (excludes halogenated alkanes) is 6. The second-order valence-corrected chi connectivity index (χ2v) is 18.0. The molecule has 3 aromatic carbocycles. The van der Waals surface area contributed by atoms with E-state index in [1.807, 2.05) is 45.3 Å². The van der Waals surface area contributed by atoms with E-state index in [9.17, 15) is 0 Å². The van der Waals surface area contributed by atoms with Crippen molar-refractivity contribution >= 4 is 149 Å². The maximum atomic E-state index is 2.38. The van der Waals surface area contributed by atoms with E-state index in [-0.39, 0.29) is 0 Å². The molecule has 6 heteroatoms. The first-order chi connectivity index (χ1) is 21.8. The zero-order valence-corrected chi connectivity index (χ0v) is 30.0. The zero-order valence-electron chi connectivity index (χ0n) is 25.1. The van der Waals surface area contributed by atoms with E-state index in [0.29, 0.717) is 0 Å². The van der Waals surface area contributed by atoms with Gasteiger partial charge in [-0.25, -0.2) is 0 Å². The molecule has 0 N–H and O–H groups in total. The van der Waals surface area contributed by atoms with Crippen LogP contribution >= 0.6 is 68.0 Å². The summed E-state index contributed by atoms with van der Waals surface area (Å²) < 4.78 is 12.2. The fraction of sp³-hybridized carbons (Fsp3) is 0.316. The summed E-state index contributed by atoms with van der Waals surface area (Å²) in [6, 6.07) is 9.48. The summed E-state index contributed by atoms with van der Waals surface area (Å²) in [5.74, 6) is 0. The average molecular weight is 683 g/mol. The zero-order chi connectivity index (χ0) is 29.4. The molecule has 6 heterocycles. The summed E-state index contributed by atoms with van der Waals surface area (Å²) in [5.41, 5.74) is 3.37. The lowest BCUT2D eigenvalue weighted by atomic mass is 9.91. The Bertz CT molecular complexity index is 2310. The summed E-state index contributed by atoms with van der Waals surface area (Å²) in [7, 11) is 0. The van der Waals surface area contributed by atoms with Crippen molar-refractivity contribution in [3.05, 3.63) is 56.9 Å². The second-order valence-electron chi connectivity index (χ2n) is 12.3. The molecule has 0 aliphatic rings. The normalized spacial score (nSPS) is 12.8. The standard InChI is InChI=1S/C38H34S6/c1-3-5-7-9-11-21-22(12-10-8-6-4-2)34-28(30-32-24(14-18-40-32)26-16-20-42-36(26)38(30)44-34)27-29-31-23(13-17-39-31)25-15-19-41-35(25)37(29)43-33(21)27/h13-20H,3-12H2,1-2H3. The van der Waals surface area contributed by atoms with Crippen molar-refractivity contribution in [2.45, 2.75) is 78.1 Å². The van der Waals surface area contributed by atoms with E-state index >= 15 is 0 Å². The van der Waals surface area contributed by atoms with E-state index in [1.54, 1.807) is 31.3 Å². The Labute approximate surface area is 281 Å². The number of hydrogen-bond donors (Lipinski definition) is 0. The average Bonchev–Trinajstić information content (AvgIpc) is 3.85. The van der Waals surface area contributed by atoms with Crippen LogP contribution in [0.5, 0.6) is 0 Å². The van der Waals surface area contributed by atoms with Gasteiger partial charge in [0.15, 0.2) is 0 Å². The summed E-state index contributed by atoms with van der Waals surface area (Å²) >= 11 is 12.1. The van der Waals surface area contributed by atoms with Crippen LogP contribution < -0.4 is 0 Å². The van der Waals surface area contributed by atoms with Crippen LogP contribution in [0.2, 0.25) is 0 Å². The van der Waals surface area contributed by atoms with Gasteiger partial charge in [0, 0.05) is 61.9 Å². The van der Waals surface area contributed by atoms with Crippen LogP contribution in [0.3, 0.4) is 0 Å². The van der Waals surface area contributed by atoms with E-state index < -0.39 is 0 Å². The minimum atomic E-state index is 1.21. The first kappa shape index (κ1) is 28.2. The van der Waals surface area contributed by atoms with Crippen molar-refractivity contribution in [1.29, 1.82) is 0 Å². The lowest BCUT2D eigenvalue weighted by Gasteiger charge is -2.14. The Kier molecular flexibility index (Phi) is 7.25. The minimum Gasteiger partial charge on any atom is -0.143 e.